The first-order valence-corrected chi connectivity index (χ1v) is 14.4. The van der Waals surface area contributed by atoms with Crippen LogP contribution in [0.25, 0.3) is 11.3 Å². The normalized spacial score (nSPS) is 13.8. The Morgan fingerprint density at radius 2 is 1.56 bits per heavy atom. The number of nitrogens with one attached hydrogen (secondary N) is 5. The van der Waals surface area contributed by atoms with Crippen molar-refractivity contribution < 1.29 is 14.4 Å². The summed E-state index contributed by atoms with van der Waals surface area (Å²) in [5, 5.41) is 15.1. The first-order chi connectivity index (χ1) is 20.9. The molecule has 0 radical (unpaired) electrons. The van der Waals surface area contributed by atoms with E-state index >= 15 is 0 Å². The Hall–Kier alpha value is -5.37. The lowest BCUT2D eigenvalue weighted by Gasteiger charge is -2.16. The van der Waals surface area contributed by atoms with Crippen LogP contribution in [0.5, 0.6) is 0 Å². The predicted molar refractivity (Wildman–Crippen MR) is 171 cm³/mol. The van der Waals surface area contributed by atoms with Gasteiger partial charge in [-0.05, 0) is 67.3 Å². The molecule has 43 heavy (non-hydrogen) atoms. The first-order valence-electron chi connectivity index (χ1n) is 14.4. The molecule has 0 saturated heterocycles. The number of rotatable bonds is 10. The van der Waals surface area contributed by atoms with E-state index in [1.807, 2.05) is 98.8 Å². The average Bonchev–Trinajstić information content (AvgIpc) is 3.35. The molecule has 4 aromatic carbocycles. The van der Waals surface area contributed by atoms with Crippen LogP contribution in [0.4, 0.5) is 16.2 Å². The van der Waals surface area contributed by atoms with E-state index in [1.165, 1.54) is 0 Å². The molecule has 5 N–H and O–H groups in total. The largest absolute Gasteiger partial charge is 0.384 e. The van der Waals surface area contributed by atoms with E-state index in [2.05, 4.69) is 26.6 Å². The highest BCUT2D eigenvalue weighted by Crippen LogP contribution is 2.37. The van der Waals surface area contributed by atoms with Crippen molar-refractivity contribution in [2.45, 2.75) is 26.3 Å². The third kappa shape index (κ3) is 7.11. The summed E-state index contributed by atoms with van der Waals surface area (Å²) in [5.41, 5.74) is 6.58. The number of hydrogen-bond acceptors (Lipinski definition) is 4. The molecule has 5 rings (SSSR count). The minimum atomic E-state index is -0.248. The topological polar surface area (TPSA) is 111 Å². The van der Waals surface area contributed by atoms with Crippen LogP contribution in [0.2, 0.25) is 0 Å². The van der Waals surface area contributed by atoms with Gasteiger partial charge in [-0.1, -0.05) is 72.8 Å². The van der Waals surface area contributed by atoms with Crippen LogP contribution in [-0.4, -0.2) is 30.9 Å². The Kier molecular flexibility index (Phi) is 9.17. The standard InChI is InChI=1S/C35H35N5O3/c1-3-36-35(43)39-28-16-10-11-24(21-28)19-20-37-32(26-14-8-5-9-15-26)31-29-22-27(17-18-30(29)40-34(31)42)33(41)38-23(2)25-12-6-4-7-13-25/h4-18,21-23,37H,3,19-20H2,1-2H3,(H,38,41)(H,40,42)(H2,36,39,43)/t23-/m0/s1. The smallest absolute Gasteiger partial charge is 0.319 e. The van der Waals surface area contributed by atoms with E-state index in [4.69, 9.17) is 0 Å². The first kappa shape index (κ1) is 29.1. The van der Waals surface area contributed by atoms with Crippen molar-refractivity contribution in [1.82, 2.24) is 16.0 Å². The second-order valence-electron chi connectivity index (χ2n) is 10.3. The highest BCUT2D eigenvalue weighted by Gasteiger charge is 2.29. The fourth-order valence-electron chi connectivity index (χ4n) is 5.07. The van der Waals surface area contributed by atoms with Crippen LogP contribution in [-0.2, 0) is 11.2 Å². The number of carbonyl (C=O) groups excluding carboxylic acids is 3. The average molecular weight is 574 g/mol. The molecule has 0 spiro atoms. The monoisotopic (exact) mass is 573 g/mol. The number of urea groups is 1. The molecule has 0 bridgehead atoms. The zero-order chi connectivity index (χ0) is 30.2. The maximum Gasteiger partial charge on any atom is 0.319 e. The molecule has 0 unspecified atom stereocenters. The van der Waals surface area contributed by atoms with Gasteiger partial charge in [0.25, 0.3) is 11.8 Å². The van der Waals surface area contributed by atoms with E-state index in [-0.39, 0.29) is 23.9 Å². The number of anilines is 2. The summed E-state index contributed by atoms with van der Waals surface area (Å²) in [6.45, 7) is 4.89. The molecule has 0 fully saturated rings. The van der Waals surface area contributed by atoms with Gasteiger partial charge in [0.2, 0.25) is 0 Å². The quantitative estimate of drug-likeness (QED) is 0.151. The number of fused-ring (bicyclic) bond motifs is 1. The van der Waals surface area contributed by atoms with Gasteiger partial charge in [0.05, 0.1) is 17.3 Å². The molecule has 4 amide bonds. The molecule has 8 nitrogen and oxygen atoms in total. The summed E-state index contributed by atoms with van der Waals surface area (Å²) in [6.07, 6.45) is 0.656. The van der Waals surface area contributed by atoms with Crippen molar-refractivity contribution >= 4 is 40.5 Å². The van der Waals surface area contributed by atoms with Gasteiger partial charge in [-0.2, -0.15) is 0 Å². The fourth-order valence-corrected chi connectivity index (χ4v) is 5.07. The number of amides is 4. The Balaban J connectivity index is 1.39. The number of benzene rings is 4. The van der Waals surface area contributed by atoms with Crippen LogP contribution in [0.3, 0.4) is 0 Å². The van der Waals surface area contributed by atoms with Crippen molar-refractivity contribution in [1.29, 1.82) is 0 Å². The third-order valence-corrected chi connectivity index (χ3v) is 7.22. The molecular formula is C35H35N5O3. The Bertz CT molecular complexity index is 1650. The van der Waals surface area contributed by atoms with Crippen LogP contribution < -0.4 is 26.6 Å². The highest BCUT2D eigenvalue weighted by atomic mass is 16.2. The zero-order valence-electron chi connectivity index (χ0n) is 24.2. The van der Waals surface area contributed by atoms with Gasteiger partial charge in [-0.25, -0.2) is 4.79 Å². The Morgan fingerprint density at radius 3 is 2.30 bits per heavy atom. The van der Waals surface area contributed by atoms with Gasteiger partial charge in [0.1, 0.15) is 0 Å². The molecular weight excluding hydrogens is 538 g/mol. The van der Waals surface area contributed by atoms with Gasteiger partial charge in [0, 0.05) is 35.6 Å². The minimum absolute atomic E-state index is 0.173. The lowest BCUT2D eigenvalue weighted by atomic mass is 9.98. The van der Waals surface area contributed by atoms with Crippen molar-refractivity contribution in [3.05, 3.63) is 131 Å². The maximum absolute atomic E-state index is 13.4. The van der Waals surface area contributed by atoms with Crippen LogP contribution in [0.1, 0.15) is 52.5 Å². The van der Waals surface area contributed by atoms with E-state index < -0.39 is 0 Å². The summed E-state index contributed by atoms with van der Waals surface area (Å²) in [7, 11) is 0. The number of carbonyl (C=O) groups is 3. The molecule has 0 saturated carbocycles. The second-order valence-corrected chi connectivity index (χ2v) is 10.3. The summed E-state index contributed by atoms with van der Waals surface area (Å²) < 4.78 is 0. The molecule has 4 aromatic rings. The fraction of sp³-hybridized carbons (Fsp3) is 0.171. The lowest BCUT2D eigenvalue weighted by Crippen LogP contribution is -2.28. The minimum Gasteiger partial charge on any atom is -0.384 e. The summed E-state index contributed by atoms with van der Waals surface area (Å²) >= 11 is 0. The van der Waals surface area contributed by atoms with Crippen LogP contribution in [0, 0.1) is 0 Å². The highest BCUT2D eigenvalue weighted by molar-refractivity contribution is 6.36. The van der Waals surface area contributed by atoms with Crippen molar-refractivity contribution in [2.75, 3.05) is 23.7 Å². The van der Waals surface area contributed by atoms with E-state index in [0.29, 0.717) is 53.3 Å². The van der Waals surface area contributed by atoms with Gasteiger partial charge < -0.3 is 26.6 Å². The zero-order valence-corrected chi connectivity index (χ0v) is 24.2. The molecule has 1 atom stereocenters. The van der Waals surface area contributed by atoms with E-state index in [1.54, 1.807) is 18.2 Å². The van der Waals surface area contributed by atoms with Gasteiger partial charge in [-0.15, -0.1) is 0 Å². The molecule has 0 aromatic heterocycles. The summed E-state index contributed by atoms with van der Waals surface area (Å²) in [5.74, 6) is -0.446. The lowest BCUT2D eigenvalue weighted by molar-refractivity contribution is -0.110. The van der Waals surface area contributed by atoms with Gasteiger partial charge >= 0.3 is 6.03 Å². The molecule has 1 aliphatic heterocycles. The summed E-state index contributed by atoms with van der Waals surface area (Å²) in [4.78, 5) is 38.5. The van der Waals surface area contributed by atoms with Crippen LogP contribution in [0.15, 0.2) is 103 Å². The van der Waals surface area contributed by atoms with Gasteiger partial charge in [-0.3, -0.25) is 9.59 Å². The molecule has 1 heterocycles. The SMILES string of the molecule is CCNC(=O)Nc1cccc(CCNC(=C2C(=O)Nc3ccc(C(=O)N[C@@H](C)c4ccccc4)cc32)c2ccccc2)c1. The number of hydrogen-bond donors (Lipinski definition) is 5. The maximum atomic E-state index is 13.4. The molecule has 0 aliphatic carbocycles. The Morgan fingerprint density at radius 1 is 0.814 bits per heavy atom. The van der Waals surface area contributed by atoms with Crippen molar-refractivity contribution in [2.24, 2.45) is 0 Å². The van der Waals surface area contributed by atoms with Crippen molar-refractivity contribution in [3.63, 3.8) is 0 Å². The summed E-state index contributed by atoms with van der Waals surface area (Å²) in [6, 6.07) is 32.0. The van der Waals surface area contributed by atoms with Gasteiger partial charge in [0.15, 0.2) is 0 Å². The van der Waals surface area contributed by atoms with Crippen molar-refractivity contribution in [3.8, 4) is 0 Å². The molecule has 8 heteroatoms. The van der Waals surface area contributed by atoms with E-state index in [0.717, 1.165) is 16.7 Å². The third-order valence-electron chi connectivity index (χ3n) is 7.22. The predicted octanol–water partition coefficient (Wildman–Crippen LogP) is 5.97. The second kappa shape index (κ2) is 13.5. The Labute approximate surface area is 251 Å². The van der Waals surface area contributed by atoms with E-state index in [9.17, 15) is 14.4 Å². The van der Waals surface area contributed by atoms with Crippen LogP contribution >= 0.6 is 0 Å². The molecule has 218 valence electrons. The molecule has 1 aliphatic rings.